The summed E-state index contributed by atoms with van der Waals surface area (Å²) < 4.78 is 5.04. The van der Waals surface area contributed by atoms with Crippen LogP contribution in [0.15, 0.2) is 6.20 Å². The largest absolute Gasteiger partial charge is 0.467 e. The Bertz CT molecular complexity index is 415. The number of halogens is 1. The maximum absolute atomic E-state index is 6.18. The predicted octanol–water partition coefficient (Wildman–Crippen LogP) is 1.84. The third-order valence-corrected chi connectivity index (χ3v) is 3.77. The van der Waals surface area contributed by atoms with Gasteiger partial charge < -0.3 is 15.4 Å². The SMILES string of the molecule is COc1ncc(Cl)c(N(C)C2CCCCC2N)n1. The fourth-order valence-electron chi connectivity index (χ4n) is 2.47. The molecule has 6 heteroatoms. The maximum atomic E-state index is 6.18. The van der Waals surface area contributed by atoms with Crippen molar-refractivity contribution in [2.45, 2.75) is 37.8 Å². The van der Waals surface area contributed by atoms with Crippen LogP contribution in [0.2, 0.25) is 5.02 Å². The molecule has 2 N–H and O–H groups in total. The van der Waals surface area contributed by atoms with Gasteiger partial charge in [-0.15, -0.1) is 0 Å². The van der Waals surface area contributed by atoms with Gasteiger partial charge in [0, 0.05) is 19.1 Å². The average molecular weight is 271 g/mol. The summed E-state index contributed by atoms with van der Waals surface area (Å²) in [7, 11) is 3.52. The highest BCUT2D eigenvalue weighted by Crippen LogP contribution is 2.29. The molecule has 0 radical (unpaired) electrons. The molecule has 1 aliphatic rings. The lowest BCUT2D eigenvalue weighted by Crippen LogP contribution is -2.48. The Morgan fingerprint density at radius 2 is 2.17 bits per heavy atom. The number of nitrogens with two attached hydrogens (primary N) is 1. The Labute approximate surface area is 112 Å². The van der Waals surface area contributed by atoms with E-state index in [1.807, 2.05) is 7.05 Å². The Kier molecular flexibility index (Phi) is 4.24. The normalized spacial score (nSPS) is 23.8. The summed E-state index contributed by atoms with van der Waals surface area (Å²) in [6, 6.07) is 0.766. The second-order valence-corrected chi connectivity index (χ2v) is 5.06. The van der Waals surface area contributed by atoms with E-state index in [1.54, 1.807) is 13.3 Å². The summed E-state index contributed by atoms with van der Waals surface area (Å²) in [5.41, 5.74) is 6.18. The van der Waals surface area contributed by atoms with E-state index in [-0.39, 0.29) is 12.1 Å². The van der Waals surface area contributed by atoms with Gasteiger partial charge in [-0.3, -0.25) is 0 Å². The number of nitrogens with zero attached hydrogens (tertiary/aromatic N) is 3. The molecule has 0 aromatic carbocycles. The van der Waals surface area contributed by atoms with Crippen molar-refractivity contribution in [1.82, 2.24) is 9.97 Å². The summed E-state index contributed by atoms with van der Waals surface area (Å²) in [4.78, 5) is 10.3. The average Bonchev–Trinajstić information content (AvgIpc) is 2.39. The number of likely N-dealkylation sites (N-methyl/N-ethyl adjacent to an activating group) is 1. The zero-order valence-corrected chi connectivity index (χ0v) is 11.5. The minimum Gasteiger partial charge on any atom is -0.467 e. The van der Waals surface area contributed by atoms with Crippen LogP contribution in [-0.4, -0.2) is 36.2 Å². The third kappa shape index (κ3) is 2.67. The highest BCUT2D eigenvalue weighted by atomic mass is 35.5. The molecule has 1 saturated carbocycles. The zero-order valence-electron chi connectivity index (χ0n) is 10.8. The first-order valence-electron chi connectivity index (χ1n) is 6.18. The Morgan fingerprint density at radius 3 is 2.83 bits per heavy atom. The first-order chi connectivity index (χ1) is 8.63. The van der Waals surface area contributed by atoms with Crippen molar-refractivity contribution in [2.24, 2.45) is 5.73 Å². The predicted molar refractivity (Wildman–Crippen MR) is 72.2 cm³/mol. The lowest BCUT2D eigenvalue weighted by Gasteiger charge is -2.36. The van der Waals surface area contributed by atoms with Crippen LogP contribution in [0.1, 0.15) is 25.7 Å². The number of methoxy groups -OCH3 is 1. The quantitative estimate of drug-likeness (QED) is 0.908. The number of hydrogen-bond donors (Lipinski definition) is 1. The van der Waals surface area contributed by atoms with E-state index in [4.69, 9.17) is 22.1 Å². The lowest BCUT2D eigenvalue weighted by molar-refractivity contribution is 0.365. The molecule has 0 spiro atoms. The number of rotatable bonds is 3. The molecular weight excluding hydrogens is 252 g/mol. The highest BCUT2D eigenvalue weighted by Gasteiger charge is 2.27. The van der Waals surface area contributed by atoms with Crippen molar-refractivity contribution in [3.05, 3.63) is 11.2 Å². The number of hydrogen-bond acceptors (Lipinski definition) is 5. The number of ether oxygens (including phenoxy) is 1. The molecule has 2 rings (SSSR count). The van der Waals surface area contributed by atoms with Crippen LogP contribution in [-0.2, 0) is 0 Å². The van der Waals surface area contributed by atoms with E-state index >= 15 is 0 Å². The minimum absolute atomic E-state index is 0.167. The first kappa shape index (κ1) is 13.4. The zero-order chi connectivity index (χ0) is 13.1. The molecule has 1 aromatic heterocycles. The number of anilines is 1. The lowest BCUT2D eigenvalue weighted by atomic mass is 9.90. The second-order valence-electron chi connectivity index (χ2n) is 4.65. The Balaban J connectivity index is 2.23. The van der Waals surface area contributed by atoms with E-state index in [0.29, 0.717) is 16.9 Å². The van der Waals surface area contributed by atoms with E-state index in [9.17, 15) is 0 Å². The van der Waals surface area contributed by atoms with Crippen molar-refractivity contribution in [2.75, 3.05) is 19.1 Å². The Morgan fingerprint density at radius 1 is 1.44 bits per heavy atom. The monoisotopic (exact) mass is 270 g/mol. The van der Waals surface area contributed by atoms with E-state index in [0.717, 1.165) is 12.8 Å². The van der Waals surface area contributed by atoms with Crippen LogP contribution in [0.5, 0.6) is 6.01 Å². The molecule has 1 aliphatic carbocycles. The molecule has 5 nitrogen and oxygen atoms in total. The maximum Gasteiger partial charge on any atom is 0.318 e. The van der Waals surface area contributed by atoms with Gasteiger partial charge >= 0.3 is 6.01 Å². The summed E-state index contributed by atoms with van der Waals surface area (Å²) in [6.45, 7) is 0. The van der Waals surface area contributed by atoms with Gasteiger partial charge in [-0.25, -0.2) is 4.98 Å². The van der Waals surface area contributed by atoms with Crippen LogP contribution in [0.3, 0.4) is 0 Å². The molecule has 100 valence electrons. The third-order valence-electron chi connectivity index (χ3n) is 3.50. The van der Waals surface area contributed by atoms with Gasteiger partial charge in [0.25, 0.3) is 0 Å². The van der Waals surface area contributed by atoms with Crippen LogP contribution in [0.4, 0.5) is 5.82 Å². The summed E-state index contributed by atoms with van der Waals surface area (Å²) in [5.74, 6) is 0.686. The molecule has 1 fully saturated rings. The van der Waals surface area contributed by atoms with Gasteiger partial charge in [0.05, 0.1) is 13.3 Å². The molecule has 18 heavy (non-hydrogen) atoms. The van der Waals surface area contributed by atoms with Gasteiger partial charge in [0.1, 0.15) is 5.02 Å². The highest BCUT2D eigenvalue weighted by molar-refractivity contribution is 6.32. The summed E-state index contributed by atoms with van der Waals surface area (Å²) in [6.07, 6.45) is 6.08. The Hall–Kier alpha value is -1.07. The second kappa shape index (κ2) is 5.71. The fourth-order valence-corrected chi connectivity index (χ4v) is 2.69. The molecule has 0 aliphatic heterocycles. The summed E-state index contributed by atoms with van der Waals surface area (Å²) >= 11 is 6.15. The first-order valence-corrected chi connectivity index (χ1v) is 6.56. The molecule has 1 aromatic rings. The van der Waals surface area contributed by atoms with E-state index < -0.39 is 0 Å². The molecular formula is C12H19ClN4O. The van der Waals surface area contributed by atoms with Crippen molar-refractivity contribution in [3.8, 4) is 6.01 Å². The van der Waals surface area contributed by atoms with Gasteiger partial charge in [0.15, 0.2) is 5.82 Å². The van der Waals surface area contributed by atoms with Crippen molar-refractivity contribution in [3.63, 3.8) is 0 Å². The topological polar surface area (TPSA) is 64.3 Å². The number of aromatic nitrogens is 2. The van der Waals surface area contributed by atoms with Crippen LogP contribution < -0.4 is 15.4 Å². The van der Waals surface area contributed by atoms with E-state index in [1.165, 1.54) is 12.8 Å². The standard InChI is InChI=1S/C12H19ClN4O/c1-17(10-6-4-3-5-9(10)14)11-8(13)7-15-12(16-11)18-2/h7,9-10H,3-6,14H2,1-2H3. The minimum atomic E-state index is 0.167. The molecule has 1 heterocycles. The van der Waals surface area contributed by atoms with Crippen molar-refractivity contribution < 1.29 is 4.74 Å². The van der Waals surface area contributed by atoms with Crippen LogP contribution in [0.25, 0.3) is 0 Å². The van der Waals surface area contributed by atoms with Crippen LogP contribution >= 0.6 is 11.6 Å². The summed E-state index contributed by atoms with van der Waals surface area (Å²) in [5, 5.41) is 0.524. The van der Waals surface area contributed by atoms with Gasteiger partial charge in [0.2, 0.25) is 0 Å². The van der Waals surface area contributed by atoms with Crippen molar-refractivity contribution >= 4 is 17.4 Å². The van der Waals surface area contributed by atoms with Crippen LogP contribution in [0, 0.1) is 0 Å². The van der Waals surface area contributed by atoms with Gasteiger partial charge in [-0.05, 0) is 12.8 Å². The van der Waals surface area contributed by atoms with Crippen molar-refractivity contribution in [1.29, 1.82) is 0 Å². The fraction of sp³-hybridized carbons (Fsp3) is 0.667. The molecule has 0 bridgehead atoms. The molecule has 2 atom stereocenters. The van der Waals surface area contributed by atoms with Gasteiger partial charge in [-0.1, -0.05) is 24.4 Å². The smallest absolute Gasteiger partial charge is 0.318 e. The van der Waals surface area contributed by atoms with Gasteiger partial charge in [-0.2, -0.15) is 4.98 Å². The van der Waals surface area contributed by atoms with E-state index in [2.05, 4.69) is 14.9 Å². The molecule has 2 unspecified atom stereocenters. The molecule has 0 amide bonds. The molecule has 0 saturated heterocycles.